The normalized spacial score (nSPS) is 21.9. The maximum atomic E-state index is 12.0. The number of rotatable bonds is 4. The fourth-order valence-corrected chi connectivity index (χ4v) is 3.03. The molecule has 1 aromatic rings. The molecule has 0 spiro atoms. The second-order valence-corrected chi connectivity index (χ2v) is 5.82. The molecule has 0 bridgehead atoms. The molecule has 17 heavy (non-hydrogen) atoms. The van der Waals surface area contributed by atoms with Gasteiger partial charge in [0.1, 0.15) is 0 Å². The number of Topliss-reactive ketones (excluding diaryl/α,β-unsaturated/α-hetero) is 1. The molecule has 2 heterocycles. The summed E-state index contributed by atoms with van der Waals surface area (Å²) < 4.78 is 0. The molecule has 0 saturated carbocycles. The van der Waals surface area contributed by atoms with Gasteiger partial charge in [0, 0.05) is 12.6 Å². The number of carbonyl (C=O) groups excluding carboxylic acids is 1. The molecular formula is C13H20N2OS. The van der Waals surface area contributed by atoms with Crippen molar-refractivity contribution < 1.29 is 4.79 Å². The van der Waals surface area contributed by atoms with Crippen molar-refractivity contribution >= 4 is 17.1 Å². The highest BCUT2D eigenvalue weighted by atomic mass is 32.1. The lowest BCUT2D eigenvalue weighted by Gasteiger charge is -2.35. The van der Waals surface area contributed by atoms with Crippen molar-refractivity contribution in [2.75, 3.05) is 33.7 Å². The van der Waals surface area contributed by atoms with Crippen LogP contribution in [0.25, 0.3) is 0 Å². The highest BCUT2D eigenvalue weighted by Crippen LogP contribution is 2.15. The average Bonchev–Trinajstić information content (AvgIpc) is 2.82. The van der Waals surface area contributed by atoms with E-state index in [1.807, 2.05) is 17.5 Å². The number of likely N-dealkylation sites (tertiary alicyclic amines) is 1. The molecule has 3 nitrogen and oxygen atoms in total. The van der Waals surface area contributed by atoms with E-state index in [2.05, 4.69) is 23.9 Å². The average molecular weight is 252 g/mol. The topological polar surface area (TPSA) is 23.6 Å². The quantitative estimate of drug-likeness (QED) is 0.765. The van der Waals surface area contributed by atoms with Crippen LogP contribution in [0.2, 0.25) is 0 Å². The van der Waals surface area contributed by atoms with E-state index in [1.54, 1.807) is 0 Å². The zero-order valence-corrected chi connectivity index (χ0v) is 11.4. The van der Waals surface area contributed by atoms with E-state index in [9.17, 15) is 4.79 Å². The summed E-state index contributed by atoms with van der Waals surface area (Å²) in [6.07, 6.45) is 2.44. The molecule has 1 unspecified atom stereocenters. The predicted octanol–water partition coefficient (Wildman–Crippen LogP) is 1.96. The van der Waals surface area contributed by atoms with Crippen LogP contribution in [0.1, 0.15) is 22.5 Å². The second-order valence-electron chi connectivity index (χ2n) is 4.87. The Kier molecular flexibility index (Phi) is 4.31. The minimum absolute atomic E-state index is 0.246. The van der Waals surface area contributed by atoms with Crippen molar-refractivity contribution in [3.05, 3.63) is 22.4 Å². The van der Waals surface area contributed by atoms with Gasteiger partial charge < -0.3 is 4.90 Å². The van der Waals surface area contributed by atoms with Crippen molar-refractivity contribution in [1.29, 1.82) is 0 Å². The number of likely N-dealkylation sites (N-methyl/N-ethyl adjacent to an activating group) is 2. The Labute approximate surface area is 107 Å². The number of piperidine rings is 1. The lowest BCUT2D eigenvalue weighted by Crippen LogP contribution is -2.46. The van der Waals surface area contributed by atoms with Gasteiger partial charge in [0.2, 0.25) is 0 Å². The van der Waals surface area contributed by atoms with Gasteiger partial charge in [-0.3, -0.25) is 9.69 Å². The Morgan fingerprint density at radius 1 is 1.65 bits per heavy atom. The number of hydrogen-bond donors (Lipinski definition) is 0. The van der Waals surface area contributed by atoms with Gasteiger partial charge in [0.05, 0.1) is 11.4 Å². The van der Waals surface area contributed by atoms with Crippen molar-refractivity contribution in [2.24, 2.45) is 0 Å². The highest BCUT2D eigenvalue weighted by Gasteiger charge is 2.22. The van der Waals surface area contributed by atoms with Crippen LogP contribution in [0.15, 0.2) is 17.5 Å². The largest absolute Gasteiger partial charge is 0.305 e. The van der Waals surface area contributed by atoms with Crippen LogP contribution < -0.4 is 0 Å². The molecule has 0 N–H and O–H groups in total. The van der Waals surface area contributed by atoms with Crippen LogP contribution in [0, 0.1) is 0 Å². The smallest absolute Gasteiger partial charge is 0.186 e. The first-order chi connectivity index (χ1) is 8.16. The Morgan fingerprint density at radius 3 is 3.12 bits per heavy atom. The fraction of sp³-hybridized carbons (Fsp3) is 0.615. The van der Waals surface area contributed by atoms with Crippen LogP contribution in [0.5, 0.6) is 0 Å². The lowest BCUT2D eigenvalue weighted by atomic mass is 10.0. The van der Waals surface area contributed by atoms with E-state index in [4.69, 9.17) is 0 Å². The Bertz CT molecular complexity index is 364. The Hall–Kier alpha value is -0.710. The molecule has 1 aliphatic rings. The first kappa shape index (κ1) is 12.7. The van der Waals surface area contributed by atoms with E-state index in [1.165, 1.54) is 30.7 Å². The molecule has 0 amide bonds. The minimum Gasteiger partial charge on any atom is -0.305 e. The maximum absolute atomic E-state index is 12.0. The third-order valence-electron chi connectivity index (χ3n) is 3.41. The Morgan fingerprint density at radius 2 is 2.47 bits per heavy atom. The second kappa shape index (κ2) is 5.76. The molecule has 1 aliphatic heterocycles. The van der Waals surface area contributed by atoms with Crippen molar-refractivity contribution in [3.8, 4) is 0 Å². The van der Waals surface area contributed by atoms with Crippen molar-refractivity contribution in [2.45, 2.75) is 18.9 Å². The summed E-state index contributed by atoms with van der Waals surface area (Å²) in [6.45, 7) is 2.80. The summed E-state index contributed by atoms with van der Waals surface area (Å²) in [7, 11) is 4.22. The van der Waals surface area contributed by atoms with E-state index in [0.717, 1.165) is 11.4 Å². The third kappa shape index (κ3) is 3.37. The molecule has 0 radical (unpaired) electrons. The van der Waals surface area contributed by atoms with Crippen LogP contribution >= 0.6 is 11.3 Å². The fourth-order valence-electron chi connectivity index (χ4n) is 2.37. The highest BCUT2D eigenvalue weighted by molar-refractivity contribution is 7.12. The van der Waals surface area contributed by atoms with Gasteiger partial charge in [-0.25, -0.2) is 0 Å². The molecule has 4 heteroatoms. The first-order valence-electron chi connectivity index (χ1n) is 6.12. The number of carbonyl (C=O) groups is 1. The van der Waals surface area contributed by atoms with Crippen LogP contribution in [-0.2, 0) is 0 Å². The first-order valence-corrected chi connectivity index (χ1v) is 7.00. The van der Waals surface area contributed by atoms with E-state index >= 15 is 0 Å². The maximum Gasteiger partial charge on any atom is 0.186 e. The number of nitrogens with zero attached hydrogens (tertiary/aromatic N) is 2. The molecule has 0 aliphatic carbocycles. The summed E-state index contributed by atoms with van der Waals surface area (Å²) in [6, 6.07) is 4.37. The molecule has 1 atom stereocenters. The van der Waals surface area contributed by atoms with Crippen LogP contribution in [0.4, 0.5) is 0 Å². The summed E-state index contributed by atoms with van der Waals surface area (Å²) in [5.41, 5.74) is 0. The van der Waals surface area contributed by atoms with Crippen molar-refractivity contribution in [1.82, 2.24) is 9.80 Å². The van der Waals surface area contributed by atoms with Crippen LogP contribution in [0.3, 0.4) is 0 Å². The monoisotopic (exact) mass is 252 g/mol. The number of hydrogen-bond acceptors (Lipinski definition) is 4. The molecule has 1 aromatic heterocycles. The van der Waals surface area contributed by atoms with Gasteiger partial charge in [0.25, 0.3) is 0 Å². The van der Waals surface area contributed by atoms with Gasteiger partial charge in [0.15, 0.2) is 5.78 Å². The van der Waals surface area contributed by atoms with E-state index in [-0.39, 0.29) is 5.78 Å². The van der Waals surface area contributed by atoms with Crippen molar-refractivity contribution in [3.63, 3.8) is 0 Å². The Balaban J connectivity index is 1.88. The van der Waals surface area contributed by atoms with E-state index in [0.29, 0.717) is 12.6 Å². The number of thiophene rings is 1. The molecule has 2 rings (SSSR count). The standard InChI is InChI=1S/C13H20N2OS/c1-14-7-3-5-11(9-14)15(2)10-12(16)13-6-4-8-17-13/h4,6,8,11H,3,5,7,9-10H2,1-2H3. The van der Waals surface area contributed by atoms with Gasteiger partial charge in [-0.15, -0.1) is 11.3 Å². The number of ketones is 1. The van der Waals surface area contributed by atoms with Crippen LogP contribution in [-0.4, -0.2) is 55.4 Å². The van der Waals surface area contributed by atoms with Gasteiger partial charge in [-0.05, 0) is 44.9 Å². The summed E-state index contributed by atoms with van der Waals surface area (Å²) in [5.74, 6) is 0.246. The molecule has 1 saturated heterocycles. The molecule has 94 valence electrons. The summed E-state index contributed by atoms with van der Waals surface area (Å²) >= 11 is 1.53. The molecule has 0 aromatic carbocycles. The zero-order chi connectivity index (χ0) is 12.3. The van der Waals surface area contributed by atoms with Gasteiger partial charge in [-0.1, -0.05) is 6.07 Å². The molecular weight excluding hydrogens is 232 g/mol. The summed E-state index contributed by atoms with van der Waals surface area (Å²) in [5, 5.41) is 1.96. The minimum atomic E-state index is 0.246. The predicted molar refractivity (Wildman–Crippen MR) is 71.8 cm³/mol. The van der Waals surface area contributed by atoms with E-state index < -0.39 is 0 Å². The molecule has 1 fully saturated rings. The van der Waals surface area contributed by atoms with Gasteiger partial charge in [-0.2, -0.15) is 0 Å². The van der Waals surface area contributed by atoms with Gasteiger partial charge >= 0.3 is 0 Å². The lowest BCUT2D eigenvalue weighted by molar-refractivity contribution is 0.0861. The zero-order valence-electron chi connectivity index (χ0n) is 10.6. The third-order valence-corrected chi connectivity index (χ3v) is 4.32. The SMILES string of the molecule is CN1CCCC(N(C)CC(=O)c2cccs2)C1. The summed E-state index contributed by atoms with van der Waals surface area (Å²) in [4.78, 5) is 17.4.